The van der Waals surface area contributed by atoms with Gasteiger partial charge in [0.25, 0.3) is 0 Å². The van der Waals surface area contributed by atoms with Gasteiger partial charge in [-0.2, -0.15) is 30.0 Å². The first kappa shape index (κ1) is 22.8. The van der Waals surface area contributed by atoms with Crippen molar-refractivity contribution in [2.45, 2.75) is 13.8 Å². The van der Waals surface area contributed by atoms with E-state index in [9.17, 15) is 15.1 Å². The van der Waals surface area contributed by atoms with Crippen LogP contribution in [0.15, 0.2) is 60.7 Å². The molecule has 11 nitrogen and oxygen atoms in total. The number of nitrogens with one attached hydrogen (secondary N) is 2. The van der Waals surface area contributed by atoms with E-state index in [1.807, 2.05) is 74.5 Å². The van der Waals surface area contributed by atoms with E-state index in [-0.39, 0.29) is 11.4 Å². The molecule has 34 heavy (non-hydrogen) atoms. The normalized spacial score (nSPS) is 10.6. The van der Waals surface area contributed by atoms with Crippen molar-refractivity contribution in [2.75, 3.05) is 11.0 Å². The summed E-state index contributed by atoms with van der Waals surface area (Å²) in [5, 5.41) is 26.8. The Morgan fingerprint density at radius 1 is 0.765 bits per heavy atom. The number of nitriles is 2. The lowest BCUT2D eigenvalue weighted by atomic mass is 10.2. The molecule has 2 heterocycles. The molecule has 0 atom stereocenters. The maximum absolute atomic E-state index is 12.4. The second-order valence-corrected chi connectivity index (χ2v) is 8.11. The van der Waals surface area contributed by atoms with Crippen LogP contribution in [0.25, 0.3) is 11.4 Å². The van der Waals surface area contributed by atoms with E-state index in [1.54, 1.807) is 0 Å². The lowest BCUT2D eigenvalue weighted by Crippen LogP contribution is -2.07. The van der Waals surface area contributed by atoms with Crippen LogP contribution in [-0.2, 0) is 13.8 Å². The summed E-state index contributed by atoms with van der Waals surface area (Å²) >= 11 is 0. The highest BCUT2D eigenvalue weighted by Gasteiger charge is 2.14. The zero-order chi connectivity index (χ0) is 24.1. The Bertz CT molecular complexity index is 1300. The summed E-state index contributed by atoms with van der Waals surface area (Å²) in [4.78, 5) is 0. The molecular formula is C22H19N8O3P. The smallest absolute Gasteiger partial charge is 0.259 e. The van der Waals surface area contributed by atoms with Crippen molar-refractivity contribution in [3.63, 3.8) is 0 Å². The Balaban J connectivity index is 1.44. The van der Waals surface area contributed by atoms with Crippen LogP contribution in [-0.4, -0.2) is 19.6 Å². The van der Waals surface area contributed by atoms with Gasteiger partial charge in [0.05, 0.1) is 11.4 Å². The Hall–Kier alpha value is -4.41. The molecule has 0 saturated heterocycles. The van der Waals surface area contributed by atoms with Gasteiger partial charge in [-0.05, 0) is 38.1 Å². The minimum Gasteiger partial charge on any atom is -0.259 e. The van der Waals surface area contributed by atoms with Crippen LogP contribution in [0.4, 0.5) is 11.6 Å². The SMILES string of the molecule is Cc1ccc(-n2nc(C#N)cc2NO[PH](=O)ONc2cc(C#N)nn2-c2ccc(C)cc2)cc1. The monoisotopic (exact) mass is 474 g/mol. The molecule has 0 saturated carbocycles. The lowest BCUT2D eigenvalue weighted by molar-refractivity contribution is 0.293. The van der Waals surface area contributed by atoms with Gasteiger partial charge < -0.3 is 0 Å². The zero-order valence-electron chi connectivity index (χ0n) is 18.2. The third kappa shape index (κ3) is 5.14. The van der Waals surface area contributed by atoms with E-state index in [0.717, 1.165) is 11.1 Å². The molecule has 0 fully saturated rings. The molecule has 0 unspecified atom stereocenters. The average Bonchev–Trinajstić information content (AvgIpc) is 3.46. The molecule has 0 radical (unpaired) electrons. The van der Waals surface area contributed by atoms with Gasteiger partial charge in [-0.3, -0.25) is 4.57 Å². The van der Waals surface area contributed by atoms with Crippen LogP contribution in [0.2, 0.25) is 0 Å². The molecule has 0 aliphatic heterocycles. The van der Waals surface area contributed by atoms with Crippen LogP contribution in [0.1, 0.15) is 22.5 Å². The van der Waals surface area contributed by atoms with Gasteiger partial charge in [-0.15, -0.1) is 0 Å². The molecular weight excluding hydrogens is 455 g/mol. The van der Waals surface area contributed by atoms with Crippen molar-refractivity contribution in [1.82, 2.24) is 19.6 Å². The fraction of sp³-hybridized carbons (Fsp3) is 0.0909. The van der Waals surface area contributed by atoms with E-state index in [0.29, 0.717) is 23.0 Å². The number of nitrogens with zero attached hydrogens (tertiary/aromatic N) is 6. The van der Waals surface area contributed by atoms with E-state index in [4.69, 9.17) is 9.25 Å². The van der Waals surface area contributed by atoms with Crippen molar-refractivity contribution in [1.29, 1.82) is 10.5 Å². The second-order valence-electron chi connectivity index (χ2n) is 7.21. The predicted octanol–water partition coefficient (Wildman–Crippen LogP) is 4.20. The Kier molecular flexibility index (Phi) is 6.72. The van der Waals surface area contributed by atoms with Crippen LogP contribution >= 0.6 is 8.25 Å². The Labute approximate surface area is 195 Å². The van der Waals surface area contributed by atoms with E-state index in [1.165, 1.54) is 21.5 Å². The summed E-state index contributed by atoms with van der Waals surface area (Å²) in [6.07, 6.45) is 0. The number of benzene rings is 2. The standard InChI is InChI=1S/C22H19N8O3P/c1-15-3-7-19(8-4-15)29-21(11-17(13-23)25-29)27-32-34(31)33-28-22-12-18(14-24)26-30(22)20-9-5-16(2)6-10-20/h3-12,27-28,34H,1-2H3. The van der Waals surface area contributed by atoms with E-state index in [2.05, 4.69) is 21.2 Å². The number of anilines is 2. The van der Waals surface area contributed by atoms with Crippen molar-refractivity contribution < 1.29 is 13.8 Å². The first-order valence-corrected chi connectivity index (χ1v) is 11.2. The quantitative estimate of drug-likeness (QED) is 0.284. The first-order valence-electron chi connectivity index (χ1n) is 10.0. The molecule has 4 aromatic rings. The fourth-order valence-electron chi connectivity index (χ4n) is 2.99. The Morgan fingerprint density at radius 3 is 1.50 bits per heavy atom. The molecule has 0 amide bonds. The van der Waals surface area contributed by atoms with Crippen molar-refractivity contribution in [3.05, 3.63) is 83.2 Å². The molecule has 4 rings (SSSR count). The Morgan fingerprint density at radius 2 is 1.15 bits per heavy atom. The summed E-state index contributed by atoms with van der Waals surface area (Å²) in [6.45, 7) is 3.91. The van der Waals surface area contributed by atoms with Crippen LogP contribution in [0.3, 0.4) is 0 Å². The van der Waals surface area contributed by atoms with Crippen molar-refractivity contribution in [3.8, 4) is 23.5 Å². The highest BCUT2D eigenvalue weighted by atomic mass is 31.1. The number of rotatable bonds is 8. The summed E-state index contributed by atoms with van der Waals surface area (Å²) < 4.78 is 25.5. The molecule has 12 heteroatoms. The summed E-state index contributed by atoms with van der Waals surface area (Å²) in [6, 6.07) is 21.7. The third-order valence-electron chi connectivity index (χ3n) is 4.68. The van der Waals surface area contributed by atoms with Gasteiger partial charge in [-0.1, -0.05) is 35.4 Å². The minimum atomic E-state index is -3.11. The van der Waals surface area contributed by atoms with Gasteiger partial charge in [0.1, 0.15) is 12.1 Å². The molecule has 0 aliphatic carbocycles. The van der Waals surface area contributed by atoms with E-state index >= 15 is 0 Å². The van der Waals surface area contributed by atoms with Gasteiger partial charge in [-0.25, -0.2) is 20.3 Å². The lowest BCUT2D eigenvalue weighted by Gasteiger charge is -2.11. The summed E-state index contributed by atoms with van der Waals surface area (Å²) in [5.74, 6) is 0.581. The topological polar surface area (TPSA) is 143 Å². The molecule has 2 N–H and O–H groups in total. The van der Waals surface area contributed by atoms with Gasteiger partial charge in [0.15, 0.2) is 23.0 Å². The number of aromatic nitrogens is 4. The van der Waals surface area contributed by atoms with Crippen molar-refractivity contribution in [2.24, 2.45) is 0 Å². The zero-order valence-corrected chi connectivity index (χ0v) is 19.2. The molecule has 0 bridgehead atoms. The summed E-state index contributed by atoms with van der Waals surface area (Å²) in [5.41, 5.74) is 8.85. The average molecular weight is 474 g/mol. The molecule has 170 valence electrons. The van der Waals surface area contributed by atoms with E-state index < -0.39 is 8.25 Å². The van der Waals surface area contributed by atoms with Crippen molar-refractivity contribution >= 4 is 19.9 Å². The molecule has 0 aliphatic rings. The van der Waals surface area contributed by atoms with Gasteiger partial charge in [0.2, 0.25) is 0 Å². The van der Waals surface area contributed by atoms with Gasteiger partial charge >= 0.3 is 8.25 Å². The largest absolute Gasteiger partial charge is 0.361 e. The molecule has 0 spiro atoms. The van der Waals surface area contributed by atoms with Crippen LogP contribution < -0.4 is 11.0 Å². The minimum absolute atomic E-state index is 0.149. The number of hydrogen-bond donors (Lipinski definition) is 2. The van der Waals surface area contributed by atoms with Crippen LogP contribution in [0, 0.1) is 36.5 Å². The highest BCUT2D eigenvalue weighted by molar-refractivity contribution is 7.33. The second kappa shape index (κ2) is 10.0. The van der Waals surface area contributed by atoms with Crippen LogP contribution in [0.5, 0.6) is 0 Å². The highest BCUT2D eigenvalue weighted by Crippen LogP contribution is 2.28. The predicted molar refractivity (Wildman–Crippen MR) is 124 cm³/mol. The first-order chi connectivity index (χ1) is 16.5. The fourth-order valence-corrected chi connectivity index (χ4v) is 3.41. The maximum atomic E-state index is 12.4. The molecule has 2 aromatic carbocycles. The number of aryl methyl sites for hydroxylation is 2. The van der Waals surface area contributed by atoms with Gasteiger partial charge in [0, 0.05) is 12.1 Å². The third-order valence-corrected chi connectivity index (χ3v) is 5.22. The molecule has 2 aromatic heterocycles. The number of hydrogen-bond acceptors (Lipinski definition) is 9. The maximum Gasteiger partial charge on any atom is 0.361 e. The summed E-state index contributed by atoms with van der Waals surface area (Å²) in [7, 11) is -3.11.